The van der Waals surface area contributed by atoms with Crippen molar-refractivity contribution in [1.82, 2.24) is 5.32 Å². The van der Waals surface area contributed by atoms with Crippen molar-refractivity contribution >= 4 is 0 Å². The minimum absolute atomic E-state index is 0.370. The lowest BCUT2D eigenvalue weighted by atomic mass is 10.1. The Balaban J connectivity index is 1.96. The van der Waals surface area contributed by atoms with Crippen LogP contribution in [-0.4, -0.2) is 19.3 Å². The van der Waals surface area contributed by atoms with Gasteiger partial charge in [-0.3, -0.25) is 0 Å². The molecule has 2 unspecified atom stereocenters. The smallest absolute Gasteiger partial charge is 0.0810 e. The molecule has 1 aromatic rings. The standard InChI is InChI=1S/C12H15NO/c1-2-5-10-9(4-1)8-11-12(10)13-6-3-7-14-11/h1-2,4-5,11-13H,3,6-8H2. The van der Waals surface area contributed by atoms with E-state index in [4.69, 9.17) is 4.74 Å². The SMILES string of the molecule is c1ccc2c(c1)CC1OCCCNC21. The molecule has 0 saturated carbocycles. The van der Waals surface area contributed by atoms with Gasteiger partial charge in [-0.1, -0.05) is 24.3 Å². The van der Waals surface area contributed by atoms with E-state index in [2.05, 4.69) is 29.6 Å². The van der Waals surface area contributed by atoms with Crippen LogP contribution in [0.4, 0.5) is 0 Å². The summed E-state index contributed by atoms with van der Waals surface area (Å²) in [5.41, 5.74) is 2.90. The summed E-state index contributed by atoms with van der Waals surface area (Å²) >= 11 is 0. The lowest BCUT2D eigenvalue weighted by Crippen LogP contribution is -2.27. The van der Waals surface area contributed by atoms with Crippen LogP contribution >= 0.6 is 0 Å². The van der Waals surface area contributed by atoms with Crippen molar-refractivity contribution in [2.24, 2.45) is 0 Å². The topological polar surface area (TPSA) is 21.3 Å². The number of rotatable bonds is 0. The van der Waals surface area contributed by atoms with E-state index in [1.807, 2.05) is 0 Å². The van der Waals surface area contributed by atoms with E-state index in [0.29, 0.717) is 12.1 Å². The quantitative estimate of drug-likeness (QED) is 0.670. The van der Waals surface area contributed by atoms with Gasteiger partial charge in [-0.15, -0.1) is 0 Å². The summed E-state index contributed by atoms with van der Waals surface area (Å²) in [5, 5.41) is 3.57. The third-order valence-electron chi connectivity index (χ3n) is 3.20. The van der Waals surface area contributed by atoms with Crippen LogP contribution in [0.5, 0.6) is 0 Å². The molecule has 0 amide bonds. The van der Waals surface area contributed by atoms with E-state index in [9.17, 15) is 0 Å². The highest BCUT2D eigenvalue weighted by Crippen LogP contribution is 2.34. The van der Waals surface area contributed by atoms with Crippen LogP contribution in [0.25, 0.3) is 0 Å². The molecule has 2 heteroatoms. The fraction of sp³-hybridized carbons (Fsp3) is 0.500. The molecule has 1 heterocycles. The molecule has 0 spiro atoms. The molecule has 0 bridgehead atoms. The van der Waals surface area contributed by atoms with Crippen molar-refractivity contribution < 1.29 is 4.74 Å². The van der Waals surface area contributed by atoms with Crippen molar-refractivity contribution in [3.05, 3.63) is 35.4 Å². The molecule has 2 aliphatic rings. The van der Waals surface area contributed by atoms with Gasteiger partial charge in [0.1, 0.15) is 0 Å². The largest absolute Gasteiger partial charge is 0.376 e. The molecule has 3 rings (SSSR count). The Morgan fingerprint density at radius 2 is 2.21 bits per heavy atom. The average molecular weight is 189 g/mol. The second-order valence-electron chi connectivity index (χ2n) is 4.10. The maximum Gasteiger partial charge on any atom is 0.0810 e. The van der Waals surface area contributed by atoms with Crippen LogP contribution in [0, 0.1) is 0 Å². The summed E-state index contributed by atoms with van der Waals surface area (Å²) in [6.45, 7) is 1.98. The third kappa shape index (κ3) is 1.26. The van der Waals surface area contributed by atoms with Crippen molar-refractivity contribution in [3.8, 4) is 0 Å². The Kier molecular flexibility index (Phi) is 2.03. The van der Waals surface area contributed by atoms with Crippen LogP contribution in [0.15, 0.2) is 24.3 Å². The molecule has 1 saturated heterocycles. The Morgan fingerprint density at radius 1 is 1.29 bits per heavy atom. The fourth-order valence-corrected chi connectivity index (χ4v) is 2.52. The molecular weight excluding hydrogens is 174 g/mol. The first-order valence-corrected chi connectivity index (χ1v) is 5.38. The van der Waals surface area contributed by atoms with Crippen LogP contribution in [0.1, 0.15) is 23.6 Å². The molecule has 14 heavy (non-hydrogen) atoms. The highest BCUT2D eigenvalue weighted by molar-refractivity contribution is 5.36. The predicted octanol–water partition coefficient (Wildman–Crippen LogP) is 1.66. The van der Waals surface area contributed by atoms with Gasteiger partial charge in [0.2, 0.25) is 0 Å². The van der Waals surface area contributed by atoms with Gasteiger partial charge in [0.05, 0.1) is 12.1 Å². The van der Waals surface area contributed by atoms with E-state index in [1.165, 1.54) is 11.1 Å². The number of hydrogen-bond acceptors (Lipinski definition) is 2. The minimum Gasteiger partial charge on any atom is -0.376 e. The lowest BCUT2D eigenvalue weighted by molar-refractivity contribution is 0.0516. The molecule has 1 aliphatic heterocycles. The highest BCUT2D eigenvalue weighted by atomic mass is 16.5. The van der Waals surface area contributed by atoms with Gasteiger partial charge in [-0.05, 0) is 24.1 Å². The van der Waals surface area contributed by atoms with Gasteiger partial charge in [-0.25, -0.2) is 0 Å². The van der Waals surface area contributed by atoms with Gasteiger partial charge in [0.25, 0.3) is 0 Å². The molecule has 1 N–H and O–H groups in total. The summed E-state index contributed by atoms with van der Waals surface area (Å²) in [4.78, 5) is 0. The van der Waals surface area contributed by atoms with Crippen LogP contribution < -0.4 is 5.32 Å². The molecule has 1 fully saturated rings. The van der Waals surface area contributed by atoms with E-state index < -0.39 is 0 Å². The molecule has 0 radical (unpaired) electrons. The number of fused-ring (bicyclic) bond motifs is 3. The predicted molar refractivity (Wildman–Crippen MR) is 55.2 cm³/mol. The van der Waals surface area contributed by atoms with Crippen LogP contribution in [0.2, 0.25) is 0 Å². The summed E-state index contributed by atoms with van der Waals surface area (Å²) in [5.74, 6) is 0. The first-order valence-electron chi connectivity index (χ1n) is 5.38. The van der Waals surface area contributed by atoms with Crippen molar-refractivity contribution in [2.75, 3.05) is 13.2 Å². The highest BCUT2D eigenvalue weighted by Gasteiger charge is 2.33. The fourth-order valence-electron chi connectivity index (χ4n) is 2.52. The van der Waals surface area contributed by atoms with Crippen molar-refractivity contribution in [2.45, 2.75) is 25.0 Å². The van der Waals surface area contributed by atoms with E-state index in [0.717, 1.165) is 26.0 Å². The molecule has 1 aliphatic carbocycles. The molecule has 1 aromatic carbocycles. The molecule has 74 valence electrons. The Hall–Kier alpha value is -0.860. The molecule has 0 aromatic heterocycles. The van der Waals surface area contributed by atoms with E-state index >= 15 is 0 Å². The molecular formula is C12H15NO. The van der Waals surface area contributed by atoms with E-state index in [1.54, 1.807) is 0 Å². The van der Waals surface area contributed by atoms with Gasteiger partial charge in [0.15, 0.2) is 0 Å². The number of benzene rings is 1. The van der Waals surface area contributed by atoms with Gasteiger partial charge in [0, 0.05) is 13.0 Å². The number of nitrogens with one attached hydrogen (secondary N) is 1. The Morgan fingerprint density at radius 3 is 3.21 bits per heavy atom. The lowest BCUT2D eigenvalue weighted by Gasteiger charge is -2.17. The van der Waals surface area contributed by atoms with Gasteiger partial charge < -0.3 is 10.1 Å². The number of hydrogen-bond donors (Lipinski definition) is 1. The van der Waals surface area contributed by atoms with E-state index in [-0.39, 0.29) is 0 Å². The minimum atomic E-state index is 0.370. The summed E-state index contributed by atoms with van der Waals surface area (Å²) in [6, 6.07) is 9.11. The summed E-state index contributed by atoms with van der Waals surface area (Å²) in [6.07, 6.45) is 2.58. The zero-order valence-corrected chi connectivity index (χ0v) is 8.20. The average Bonchev–Trinajstić information content (AvgIpc) is 2.42. The monoisotopic (exact) mass is 189 g/mol. The normalized spacial score (nSPS) is 30.6. The maximum absolute atomic E-state index is 5.85. The van der Waals surface area contributed by atoms with Crippen LogP contribution in [-0.2, 0) is 11.2 Å². The zero-order valence-electron chi connectivity index (χ0n) is 8.20. The summed E-state index contributed by atoms with van der Waals surface area (Å²) < 4.78 is 5.85. The molecule has 2 nitrogen and oxygen atoms in total. The second kappa shape index (κ2) is 3.37. The third-order valence-corrected chi connectivity index (χ3v) is 3.20. The van der Waals surface area contributed by atoms with Crippen molar-refractivity contribution in [3.63, 3.8) is 0 Å². The summed E-state index contributed by atoms with van der Waals surface area (Å²) in [7, 11) is 0. The second-order valence-corrected chi connectivity index (χ2v) is 4.10. The van der Waals surface area contributed by atoms with Gasteiger partial charge in [-0.2, -0.15) is 0 Å². The van der Waals surface area contributed by atoms with Crippen LogP contribution in [0.3, 0.4) is 0 Å². The molecule has 2 atom stereocenters. The van der Waals surface area contributed by atoms with Crippen molar-refractivity contribution in [1.29, 1.82) is 0 Å². The van der Waals surface area contributed by atoms with Gasteiger partial charge >= 0.3 is 0 Å². The number of ether oxygens (including phenoxy) is 1. The zero-order chi connectivity index (χ0) is 9.38. The first-order chi connectivity index (χ1) is 6.95. The Labute approximate surface area is 84.3 Å². The Bertz CT molecular complexity index is 337. The maximum atomic E-state index is 5.85. The first kappa shape index (κ1) is 8.45.